The van der Waals surface area contributed by atoms with Crippen molar-refractivity contribution in [1.29, 1.82) is 0 Å². The first-order chi connectivity index (χ1) is 23.2. The molecule has 2 aliphatic heterocycles. The first-order valence-corrected chi connectivity index (χ1v) is 22.4. The summed E-state index contributed by atoms with van der Waals surface area (Å²) in [6.07, 6.45) is -0.0186. The predicted molar refractivity (Wildman–Crippen MR) is 204 cm³/mol. The summed E-state index contributed by atoms with van der Waals surface area (Å²) in [5.41, 5.74) is 11.5. The number of likely N-dealkylation sites (N-methyl/N-ethyl adjacent to an activating group) is 1. The predicted octanol–water partition coefficient (Wildman–Crippen LogP) is 8.45. The maximum absolute atomic E-state index is 10.7. The molecule has 3 aromatic rings. The van der Waals surface area contributed by atoms with Crippen molar-refractivity contribution in [2.24, 2.45) is 0 Å². The van der Waals surface area contributed by atoms with Gasteiger partial charge in [0.1, 0.15) is 0 Å². The summed E-state index contributed by atoms with van der Waals surface area (Å²) in [5, 5.41) is 10.7. The summed E-state index contributed by atoms with van der Waals surface area (Å²) in [6.45, 7) is 29.9. The Morgan fingerprint density at radius 3 is 1.92 bits per heavy atom. The first-order valence-electron chi connectivity index (χ1n) is 16.9. The van der Waals surface area contributed by atoms with E-state index in [9.17, 15) is 10.1 Å². The average Bonchev–Trinajstić information content (AvgIpc) is 3.39. The number of benzene rings is 3. The van der Waals surface area contributed by atoms with Crippen LogP contribution in [0, 0.1) is 58.3 Å². The molecule has 0 aromatic heterocycles. The molecule has 3 aromatic carbocycles. The molecule has 2 fully saturated rings. The van der Waals surface area contributed by atoms with Crippen LogP contribution in [-0.4, -0.2) is 77.3 Å². The molecule has 5 rings (SSSR count). The van der Waals surface area contributed by atoms with Crippen molar-refractivity contribution in [2.75, 3.05) is 55.6 Å². The van der Waals surface area contributed by atoms with Gasteiger partial charge in [-0.3, -0.25) is 4.90 Å². The van der Waals surface area contributed by atoms with E-state index in [0.29, 0.717) is 17.4 Å². The summed E-state index contributed by atoms with van der Waals surface area (Å²) in [7, 11) is 11.6. The minimum absolute atomic E-state index is 0.00360. The van der Waals surface area contributed by atoms with Gasteiger partial charge in [0.15, 0.2) is 0 Å². The van der Waals surface area contributed by atoms with Gasteiger partial charge in [0.05, 0.1) is 0 Å². The second kappa shape index (κ2) is 17.6. The smallest absolute Gasteiger partial charge is 0.0301 e. The van der Waals surface area contributed by atoms with E-state index >= 15 is 0 Å². The van der Waals surface area contributed by atoms with E-state index in [2.05, 4.69) is 99.0 Å². The second-order valence-electron chi connectivity index (χ2n) is 13.5. The monoisotopic (exact) mass is 798 g/mol. The van der Waals surface area contributed by atoms with Crippen molar-refractivity contribution in [3.63, 3.8) is 0 Å². The molecule has 1 atom stereocenters. The fourth-order valence-corrected chi connectivity index (χ4v) is 8.89. The molecule has 11 heteroatoms. The minimum atomic E-state index is -2.05. The zero-order chi connectivity index (χ0) is 36.0. The Kier molecular flexibility index (Phi) is 14.1. The molecule has 0 saturated carbocycles. The number of anilines is 2. The topological polar surface area (TPSA) is 65.3 Å². The number of halogens is 2. The van der Waals surface area contributed by atoms with Crippen molar-refractivity contribution < 1.29 is 23.2 Å². The largest absolute Gasteiger partial charge is 0.501 e. The van der Waals surface area contributed by atoms with Crippen LogP contribution in [0.4, 0.5) is 17.1 Å². The standard InChI is InChI=1S/C28H41N4.C10H11NO3.2ClH.Ru/c1-8-29-9-11-30(12-10-29)17-26-18-31(27-22(4)13-20(2)14-23(27)5)19-32(26)28-24(6)15-21(3)16-25(28)7;1-7(2)14-10-5-4-9(11(12)13)6-8(10)3;;;/h13-16,19,26H,8-12,17-18H2,1-7H3;3-7H,1-2H3;2*1H;/q-1;;;;+2/p-2. The molecular formula is C38H52Cl2N5O3Ru-. The van der Waals surface area contributed by atoms with Gasteiger partial charge < -0.3 is 14.7 Å². The van der Waals surface area contributed by atoms with Gasteiger partial charge in [-0.1, -0.05) is 42.3 Å². The summed E-state index contributed by atoms with van der Waals surface area (Å²) in [4.78, 5) is 20.5. The average molecular weight is 799 g/mol. The molecule has 270 valence electrons. The maximum Gasteiger partial charge on any atom is 0.0301 e. The van der Waals surface area contributed by atoms with E-state index in [1.54, 1.807) is 10.7 Å². The van der Waals surface area contributed by atoms with Crippen molar-refractivity contribution in [1.82, 2.24) is 9.80 Å². The van der Waals surface area contributed by atoms with Crippen LogP contribution in [0.25, 0.3) is 0 Å². The van der Waals surface area contributed by atoms with Crippen molar-refractivity contribution in [3.8, 4) is 5.75 Å². The number of rotatable bonds is 9. The zero-order valence-corrected chi connectivity index (χ0v) is 33.6. The number of non-ortho nitro benzene ring substituents is 1. The molecule has 0 amide bonds. The first kappa shape index (κ1) is 39.2. The number of nitro benzene ring substituents is 1. The van der Waals surface area contributed by atoms with Crippen molar-refractivity contribution >= 4 is 41.1 Å². The third-order valence-electron chi connectivity index (χ3n) is 9.02. The molecule has 0 radical (unpaired) electrons. The van der Waals surface area contributed by atoms with Crippen LogP contribution in [-0.2, 0) is 13.5 Å². The van der Waals surface area contributed by atoms with E-state index in [1.165, 1.54) is 89.6 Å². The molecule has 2 saturated heterocycles. The van der Waals surface area contributed by atoms with Gasteiger partial charge in [-0.25, -0.2) is 0 Å². The van der Waals surface area contributed by atoms with Gasteiger partial charge in [0.25, 0.3) is 0 Å². The number of hydrogen-bond donors (Lipinski definition) is 0. The Labute approximate surface area is 306 Å². The van der Waals surface area contributed by atoms with Crippen LogP contribution >= 0.6 is 19.4 Å². The molecule has 2 aliphatic rings. The van der Waals surface area contributed by atoms with Gasteiger partial charge in [-0.15, -0.1) is 0 Å². The second-order valence-corrected chi connectivity index (χ2v) is 19.2. The Bertz CT molecular complexity index is 1610. The van der Waals surface area contributed by atoms with E-state index < -0.39 is 18.4 Å². The van der Waals surface area contributed by atoms with Gasteiger partial charge in [-0.05, 0) is 70.3 Å². The fourth-order valence-electron chi connectivity index (χ4n) is 7.11. The molecule has 0 bridgehead atoms. The number of nitro groups is 1. The van der Waals surface area contributed by atoms with E-state index in [0.717, 1.165) is 13.1 Å². The Hall–Kier alpha value is -2.55. The minimum Gasteiger partial charge on any atom is -0.501 e. The summed E-state index contributed by atoms with van der Waals surface area (Å²) in [5.74, 6) is 0.561. The van der Waals surface area contributed by atoms with Crippen LogP contribution in [0.2, 0.25) is 0 Å². The van der Waals surface area contributed by atoms with E-state index in [-0.39, 0.29) is 11.8 Å². The van der Waals surface area contributed by atoms with Crippen LogP contribution in [0.15, 0.2) is 42.5 Å². The number of hydrogen-bond acceptors (Lipinski definition) is 7. The van der Waals surface area contributed by atoms with Gasteiger partial charge >= 0.3 is 112 Å². The summed E-state index contributed by atoms with van der Waals surface area (Å²) >= 11 is -2.05. The molecule has 49 heavy (non-hydrogen) atoms. The summed E-state index contributed by atoms with van der Waals surface area (Å²) in [6, 6.07) is 14.1. The van der Waals surface area contributed by atoms with Crippen LogP contribution in [0.5, 0.6) is 5.75 Å². The quantitative estimate of drug-likeness (QED) is 0.0933. The Balaban J connectivity index is 0.000000269. The molecule has 8 nitrogen and oxygen atoms in total. The van der Waals surface area contributed by atoms with Crippen molar-refractivity contribution in [3.05, 3.63) is 98.2 Å². The van der Waals surface area contributed by atoms with Crippen LogP contribution in [0.1, 0.15) is 59.7 Å². The third-order valence-corrected chi connectivity index (χ3v) is 10.8. The van der Waals surface area contributed by atoms with Crippen molar-refractivity contribution in [2.45, 2.75) is 74.5 Å². The number of ether oxygens (including phenoxy) is 1. The number of piperazine rings is 1. The van der Waals surface area contributed by atoms with Gasteiger partial charge in [0.2, 0.25) is 0 Å². The Morgan fingerprint density at radius 1 is 0.898 bits per heavy atom. The van der Waals surface area contributed by atoms with Gasteiger partial charge in [-0.2, -0.15) is 6.67 Å². The van der Waals surface area contributed by atoms with Gasteiger partial charge in [0, 0.05) is 56.7 Å². The zero-order valence-electron chi connectivity index (χ0n) is 30.4. The third kappa shape index (κ3) is 10.5. The summed E-state index contributed by atoms with van der Waals surface area (Å²) < 4.78 is 7.17. The van der Waals surface area contributed by atoms with E-state index in [1.807, 2.05) is 13.8 Å². The molecular weight excluding hydrogens is 746 g/mol. The van der Waals surface area contributed by atoms with Crippen LogP contribution < -0.4 is 14.5 Å². The molecule has 1 unspecified atom stereocenters. The Morgan fingerprint density at radius 2 is 1.43 bits per heavy atom. The maximum atomic E-state index is 10.7. The molecule has 0 aliphatic carbocycles. The number of aryl methyl sites for hydroxylation is 6. The SMILES string of the molecule is CC(C)Oc1ccc([N+](=O)[O-])cc1[CH]=[Ru]([Cl])[Cl].CCN1CCN(CC2CN(c3c(C)cc(C)cc3C)[CH-]N2c2c(C)cc(C)cc2C)CC1. The van der Waals surface area contributed by atoms with Crippen LogP contribution in [0.3, 0.4) is 0 Å². The molecule has 0 N–H and O–H groups in total. The normalized spacial score (nSPS) is 17.2. The fraction of sp³-hybridized carbons (Fsp3) is 0.474. The number of nitrogens with zero attached hydrogens (tertiary/aromatic N) is 5. The van der Waals surface area contributed by atoms with E-state index in [4.69, 9.17) is 24.1 Å². The molecule has 0 spiro atoms. The molecule has 2 heterocycles.